The van der Waals surface area contributed by atoms with E-state index in [1.165, 1.54) is 19.3 Å². The molecule has 3 heterocycles. The minimum absolute atomic E-state index is 0.0855. The van der Waals surface area contributed by atoms with Gasteiger partial charge in [0.05, 0.1) is 19.2 Å². The van der Waals surface area contributed by atoms with Crippen molar-refractivity contribution in [2.24, 2.45) is 0 Å². The Balaban J connectivity index is 1.49. The third-order valence-electron chi connectivity index (χ3n) is 7.67. The van der Waals surface area contributed by atoms with E-state index in [0.717, 1.165) is 48.3 Å². The number of methoxy groups -OCH3 is 1. The number of furan rings is 1. The average molecular weight is 478 g/mol. The van der Waals surface area contributed by atoms with E-state index in [2.05, 4.69) is 5.32 Å². The third kappa shape index (κ3) is 4.44. The van der Waals surface area contributed by atoms with Gasteiger partial charge in [-0.25, -0.2) is 0 Å². The summed E-state index contributed by atoms with van der Waals surface area (Å²) in [5.41, 5.74) is 2.01. The van der Waals surface area contributed by atoms with Gasteiger partial charge in [0.25, 0.3) is 5.91 Å². The topological polar surface area (TPSA) is 76.7 Å². The van der Waals surface area contributed by atoms with Crippen molar-refractivity contribution in [2.45, 2.75) is 83.5 Å². The number of aryl methyl sites for hydroxylation is 1. The van der Waals surface area contributed by atoms with Crippen LogP contribution in [-0.2, 0) is 17.9 Å². The molecule has 35 heavy (non-hydrogen) atoms. The van der Waals surface area contributed by atoms with E-state index in [1.54, 1.807) is 18.1 Å². The molecule has 2 aliphatic rings. The number of fused-ring (bicyclic) bond motifs is 3. The number of benzene rings is 1. The Morgan fingerprint density at radius 1 is 1.11 bits per heavy atom. The lowest BCUT2D eigenvalue weighted by atomic mass is 9.91. The van der Waals surface area contributed by atoms with Gasteiger partial charge in [0.15, 0.2) is 5.58 Å². The van der Waals surface area contributed by atoms with Gasteiger partial charge in [0, 0.05) is 24.7 Å². The molecule has 0 spiro atoms. The molecule has 2 amide bonds. The van der Waals surface area contributed by atoms with Crippen LogP contribution in [0.15, 0.2) is 40.8 Å². The summed E-state index contributed by atoms with van der Waals surface area (Å²) in [4.78, 5) is 29.5. The van der Waals surface area contributed by atoms with E-state index in [1.807, 2.05) is 48.7 Å². The highest BCUT2D eigenvalue weighted by Crippen LogP contribution is 2.35. The van der Waals surface area contributed by atoms with Crippen LogP contribution in [0.4, 0.5) is 0 Å². The molecule has 0 bridgehead atoms. The summed E-state index contributed by atoms with van der Waals surface area (Å²) in [5.74, 6) is 1.30. The van der Waals surface area contributed by atoms with Crippen LogP contribution in [0.5, 0.6) is 5.75 Å². The highest BCUT2D eigenvalue weighted by molar-refractivity contribution is 6.03. The predicted molar refractivity (Wildman–Crippen MR) is 134 cm³/mol. The van der Waals surface area contributed by atoms with Crippen LogP contribution in [0.1, 0.15) is 73.7 Å². The summed E-state index contributed by atoms with van der Waals surface area (Å²) in [7, 11) is 1.63. The smallest absolute Gasteiger partial charge is 0.271 e. The van der Waals surface area contributed by atoms with Gasteiger partial charge in [-0.1, -0.05) is 44.2 Å². The summed E-state index contributed by atoms with van der Waals surface area (Å²) in [6.45, 7) is 4.51. The van der Waals surface area contributed by atoms with Crippen LogP contribution >= 0.6 is 0 Å². The Kier molecular flexibility index (Phi) is 6.34. The molecule has 1 fully saturated rings. The Hall–Kier alpha value is -3.22. The first-order valence-corrected chi connectivity index (χ1v) is 12.7. The number of carbonyl (C=O) groups excluding carboxylic acids is 2. The van der Waals surface area contributed by atoms with Crippen molar-refractivity contribution in [1.82, 2.24) is 14.8 Å². The zero-order chi connectivity index (χ0) is 24.6. The first-order chi connectivity index (χ1) is 16.9. The number of ether oxygens (including phenoxy) is 1. The molecule has 0 saturated heterocycles. The number of carbonyl (C=O) groups is 2. The number of nitrogens with one attached hydrogen (secondary N) is 1. The van der Waals surface area contributed by atoms with Gasteiger partial charge in [-0.2, -0.15) is 0 Å². The van der Waals surface area contributed by atoms with Crippen molar-refractivity contribution < 1.29 is 18.7 Å². The summed E-state index contributed by atoms with van der Waals surface area (Å²) in [6, 6.07) is 11.6. The highest BCUT2D eigenvalue weighted by Gasteiger charge is 2.48. The van der Waals surface area contributed by atoms with Crippen LogP contribution in [-0.4, -0.2) is 40.0 Å². The Labute approximate surface area is 206 Å². The number of aromatic nitrogens is 1. The van der Waals surface area contributed by atoms with Gasteiger partial charge < -0.3 is 23.9 Å². The fraction of sp³-hybridized carbons (Fsp3) is 0.500. The maximum atomic E-state index is 13.9. The van der Waals surface area contributed by atoms with E-state index in [9.17, 15) is 9.59 Å². The van der Waals surface area contributed by atoms with E-state index in [-0.39, 0.29) is 17.9 Å². The predicted octanol–water partition coefficient (Wildman–Crippen LogP) is 5.20. The average Bonchev–Trinajstić information content (AvgIpc) is 3.35. The Morgan fingerprint density at radius 3 is 2.49 bits per heavy atom. The van der Waals surface area contributed by atoms with Gasteiger partial charge in [0.2, 0.25) is 5.91 Å². The molecule has 1 aliphatic carbocycles. The molecule has 2 aromatic heterocycles. The number of hydrogen-bond acceptors (Lipinski definition) is 4. The number of hydrogen-bond donors (Lipinski definition) is 1. The first kappa shape index (κ1) is 23.5. The molecule has 0 radical (unpaired) electrons. The summed E-state index contributed by atoms with van der Waals surface area (Å²) >= 11 is 0. The molecule has 1 saturated carbocycles. The number of amides is 2. The second-order valence-corrected chi connectivity index (χ2v) is 10.3. The minimum Gasteiger partial charge on any atom is -0.497 e. The fourth-order valence-electron chi connectivity index (χ4n) is 5.56. The molecular formula is C28H35N3O4. The molecule has 0 unspecified atom stereocenters. The second-order valence-electron chi connectivity index (χ2n) is 10.3. The second kappa shape index (κ2) is 9.44. The van der Waals surface area contributed by atoms with Gasteiger partial charge in [0.1, 0.15) is 22.7 Å². The van der Waals surface area contributed by atoms with Crippen LogP contribution < -0.4 is 10.1 Å². The Bertz CT molecular complexity index is 1220. The van der Waals surface area contributed by atoms with Crippen LogP contribution in [0.2, 0.25) is 0 Å². The molecule has 7 nitrogen and oxygen atoms in total. The first-order valence-electron chi connectivity index (χ1n) is 12.7. The van der Waals surface area contributed by atoms with Gasteiger partial charge in [-0.15, -0.1) is 0 Å². The molecular weight excluding hydrogens is 442 g/mol. The maximum Gasteiger partial charge on any atom is 0.271 e. The van der Waals surface area contributed by atoms with Crippen molar-refractivity contribution in [3.8, 4) is 5.75 Å². The van der Waals surface area contributed by atoms with E-state index < -0.39 is 5.54 Å². The number of nitrogens with zero attached hydrogens (tertiary/aromatic N) is 2. The highest BCUT2D eigenvalue weighted by atomic mass is 16.5. The van der Waals surface area contributed by atoms with E-state index >= 15 is 0 Å². The van der Waals surface area contributed by atoms with E-state index in [0.29, 0.717) is 24.4 Å². The molecule has 1 aromatic carbocycles. The lowest BCUT2D eigenvalue weighted by molar-refractivity contribution is -0.134. The zero-order valence-electron chi connectivity index (χ0n) is 20.9. The summed E-state index contributed by atoms with van der Waals surface area (Å²) in [6.07, 6.45) is 7.97. The quantitative estimate of drug-likeness (QED) is 0.548. The van der Waals surface area contributed by atoms with Crippen LogP contribution in [0.25, 0.3) is 11.1 Å². The van der Waals surface area contributed by atoms with Crippen molar-refractivity contribution in [3.63, 3.8) is 0 Å². The SMILES string of the molecule is COc1ccc(CN2C(=O)c3cc4oc(C)cc4n3C[C@]2(C)C(=O)NC2CCCCCCC2)cc1. The fourth-order valence-corrected chi connectivity index (χ4v) is 5.56. The lowest BCUT2D eigenvalue weighted by Crippen LogP contribution is -2.64. The lowest BCUT2D eigenvalue weighted by Gasteiger charge is -2.44. The molecule has 1 aliphatic heterocycles. The monoisotopic (exact) mass is 477 g/mol. The van der Waals surface area contributed by atoms with Crippen molar-refractivity contribution in [2.75, 3.05) is 7.11 Å². The van der Waals surface area contributed by atoms with Crippen molar-refractivity contribution in [1.29, 1.82) is 0 Å². The number of rotatable bonds is 5. The molecule has 186 valence electrons. The normalized spacial score (nSPS) is 21.5. The standard InChI is InChI=1S/C28H35N3O4/c1-19-15-23-25(35-19)16-24-26(32)31(17-20-11-13-22(34-3)14-12-20)28(2,18-30(23)24)27(33)29-21-9-7-5-4-6-8-10-21/h11-16,21H,4-10,17-18H2,1-3H3,(H,29,33)/t28-/m1/s1. The summed E-state index contributed by atoms with van der Waals surface area (Å²) < 4.78 is 13.1. The van der Waals surface area contributed by atoms with Crippen LogP contribution in [0, 0.1) is 6.92 Å². The Morgan fingerprint density at radius 2 is 1.80 bits per heavy atom. The van der Waals surface area contributed by atoms with Gasteiger partial charge >= 0.3 is 0 Å². The maximum absolute atomic E-state index is 13.9. The molecule has 7 heteroatoms. The van der Waals surface area contributed by atoms with E-state index in [4.69, 9.17) is 9.15 Å². The third-order valence-corrected chi connectivity index (χ3v) is 7.67. The zero-order valence-corrected chi connectivity index (χ0v) is 20.9. The van der Waals surface area contributed by atoms with Crippen LogP contribution in [0.3, 0.4) is 0 Å². The molecule has 5 rings (SSSR count). The molecule has 3 aromatic rings. The largest absolute Gasteiger partial charge is 0.497 e. The van der Waals surface area contributed by atoms with Gasteiger partial charge in [-0.05, 0) is 44.4 Å². The molecule has 1 atom stereocenters. The van der Waals surface area contributed by atoms with Crippen molar-refractivity contribution >= 4 is 22.9 Å². The summed E-state index contributed by atoms with van der Waals surface area (Å²) in [5, 5.41) is 3.34. The molecule has 1 N–H and O–H groups in total. The van der Waals surface area contributed by atoms with Crippen molar-refractivity contribution in [3.05, 3.63) is 53.4 Å². The van der Waals surface area contributed by atoms with Gasteiger partial charge in [-0.3, -0.25) is 9.59 Å². The minimum atomic E-state index is -1.04.